The first kappa shape index (κ1) is 20.2. The molecule has 1 amide bonds. The number of carbonyl (C=O) groups is 1. The number of aryl methyl sites for hydroxylation is 2. The van der Waals surface area contributed by atoms with Crippen molar-refractivity contribution in [3.05, 3.63) is 75.9 Å². The lowest BCUT2D eigenvalue weighted by Crippen LogP contribution is -2.22. The van der Waals surface area contributed by atoms with Crippen molar-refractivity contribution in [3.8, 4) is 11.6 Å². The third-order valence-electron chi connectivity index (χ3n) is 4.48. The fourth-order valence-electron chi connectivity index (χ4n) is 3.11. The maximum atomic E-state index is 12.5. The van der Waals surface area contributed by atoms with E-state index in [2.05, 4.69) is 15.4 Å². The van der Waals surface area contributed by atoms with Crippen LogP contribution < -0.4 is 10.1 Å². The van der Waals surface area contributed by atoms with Gasteiger partial charge in [-0.15, -0.1) is 0 Å². The summed E-state index contributed by atoms with van der Waals surface area (Å²) >= 11 is 12.0. The van der Waals surface area contributed by atoms with E-state index in [1.54, 1.807) is 28.9 Å². The summed E-state index contributed by atoms with van der Waals surface area (Å²) in [6.45, 7) is 3.64. The molecule has 152 valence electrons. The van der Waals surface area contributed by atoms with Crippen molar-refractivity contribution < 1.29 is 9.53 Å². The van der Waals surface area contributed by atoms with E-state index in [-0.39, 0.29) is 12.5 Å². The third-order valence-corrected chi connectivity index (χ3v) is 5.02. The Morgan fingerprint density at radius 1 is 1.10 bits per heavy atom. The van der Waals surface area contributed by atoms with Crippen LogP contribution in [0.3, 0.4) is 0 Å². The molecule has 0 saturated heterocycles. The number of carbonyl (C=O) groups excluding carboxylic acids is 1. The maximum absolute atomic E-state index is 12.5. The number of nitrogens with zero attached hydrogens (tertiary/aromatic N) is 3. The zero-order valence-corrected chi connectivity index (χ0v) is 17.8. The second-order valence-corrected chi connectivity index (χ2v) is 7.65. The number of hydrogen-bond acceptors (Lipinski definition) is 4. The molecule has 6 nitrogen and oxygen atoms in total. The molecule has 30 heavy (non-hydrogen) atoms. The molecule has 1 N–H and O–H groups in total. The quantitative estimate of drug-likeness (QED) is 0.453. The topological polar surface area (TPSA) is 69.0 Å². The minimum atomic E-state index is -0.357. The van der Waals surface area contributed by atoms with Crippen LogP contribution in [0.1, 0.15) is 11.3 Å². The van der Waals surface area contributed by atoms with Gasteiger partial charge in [0.1, 0.15) is 11.6 Å². The number of fused-ring (bicyclic) bond motifs is 1. The number of anilines is 1. The van der Waals surface area contributed by atoms with Crippen molar-refractivity contribution in [1.82, 2.24) is 14.8 Å². The molecule has 0 fully saturated rings. The highest BCUT2D eigenvalue weighted by Gasteiger charge is 2.14. The van der Waals surface area contributed by atoms with E-state index in [0.717, 1.165) is 22.2 Å². The van der Waals surface area contributed by atoms with Crippen LogP contribution in [0, 0.1) is 13.8 Å². The van der Waals surface area contributed by atoms with E-state index >= 15 is 0 Å². The van der Waals surface area contributed by atoms with Gasteiger partial charge in [-0.05, 0) is 43.7 Å². The predicted molar refractivity (Wildman–Crippen MR) is 119 cm³/mol. The molecular formula is C22H18Cl2N4O2. The van der Waals surface area contributed by atoms with Crippen LogP contribution in [0.15, 0.2) is 54.6 Å². The molecule has 0 radical (unpaired) electrons. The largest absolute Gasteiger partial charge is 0.482 e. The Morgan fingerprint density at radius 3 is 2.73 bits per heavy atom. The molecule has 8 heteroatoms. The van der Waals surface area contributed by atoms with E-state index in [0.29, 0.717) is 27.4 Å². The molecule has 2 aromatic carbocycles. The van der Waals surface area contributed by atoms with Gasteiger partial charge in [0, 0.05) is 22.5 Å². The molecule has 0 aliphatic rings. The first-order chi connectivity index (χ1) is 14.4. The minimum absolute atomic E-state index is 0.228. The molecule has 4 rings (SSSR count). The van der Waals surface area contributed by atoms with Gasteiger partial charge in [-0.1, -0.05) is 41.4 Å². The summed E-state index contributed by atoms with van der Waals surface area (Å²) in [5.74, 6) is 1.11. The van der Waals surface area contributed by atoms with E-state index in [9.17, 15) is 4.79 Å². The Kier molecular flexibility index (Phi) is 5.61. The summed E-state index contributed by atoms with van der Waals surface area (Å²) in [4.78, 5) is 17.2. The first-order valence-corrected chi connectivity index (χ1v) is 9.97. The van der Waals surface area contributed by atoms with Crippen molar-refractivity contribution in [3.63, 3.8) is 0 Å². The average Bonchev–Trinajstić information content (AvgIpc) is 3.08. The SMILES string of the molecule is Cc1cc(NC(=O)COc2cc(Cl)ccc2Cl)n(-c2cc(C)c3ccccc3n2)n1. The van der Waals surface area contributed by atoms with Gasteiger partial charge in [0.2, 0.25) is 0 Å². The summed E-state index contributed by atoms with van der Waals surface area (Å²) in [6.07, 6.45) is 0. The number of amides is 1. The lowest BCUT2D eigenvalue weighted by Gasteiger charge is -2.11. The summed E-state index contributed by atoms with van der Waals surface area (Å²) in [7, 11) is 0. The lowest BCUT2D eigenvalue weighted by atomic mass is 10.1. The Hall–Kier alpha value is -3.09. The number of hydrogen-bond donors (Lipinski definition) is 1. The van der Waals surface area contributed by atoms with E-state index in [1.807, 2.05) is 44.2 Å². The number of aromatic nitrogens is 3. The fourth-order valence-corrected chi connectivity index (χ4v) is 3.45. The van der Waals surface area contributed by atoms with Gasteiger partial charge in [-0.2, -0.15) is 9.78 Å². The average molecular weight is 441 g/mol. The molecule has 2 aromatic heterocycles. The third kappa shape index (κ3) is 4.25. The number of para-hydroxylation sites is 1. The van der Waals surface area contributed by atoms with E-state index in [4.69, 9.17) is 27.9 Å². The summed E-state index contributed by atoms with van der Waals surface area (Å²) < 4.78 is 7.12. The van der Waals surface area contributed by atoms with Crippen LogP contribution in [0.5, 0.6) is 5.75 Å². The van der Waals surface area contributed by atoms with Crippen LogP contribution in [-0.2, 0) is 4.79 Å². The van der Waals surface area contributed by atoms with Crippen molar-refractivity contribution in [2.24, 2.45) is 0 Å². The molecule has 0 atom stereocenters. The Bertz CT molecular complexity index is 1250. The van der Waals surface area contributed by atoms with Gasteiger partial charge >= 0.3 is 0 Å². The molecular weight excluding hydrogens is 423 g/mol. The van der Waals surface area contributed by atoms with Crippen molar-refractivity contribution >= 4 is 45.8 Å². The number of rotatable bonds is 5. The molecule has 2 heterocycles. The van der Waals surface area contributed by atoms with Crippen LogP contribution >= 0.6 is 23.2 Å². The van der Waals surface area contributed by atoms with Crippen LogP contribution in [0.2, 0.25) is 10.0 Å². The summed E-state index contributed by atoms with van der Waals surface area (Å²) in [6, 6.07) is 16.4. The molecule has 0 aliphatic carbocycles. The maximum Gasteiger partial charge on any atom is 0.263 e. The molecule has 0 bridgehead atoms. The highest BCUT2D eigenvalue weighted by molar-refractivity contribution is 6.34. The standard InChI is InChI=1S/C22H18Cl2N4O2/c1-13-9-20(25-18-6-4-3-5-16(13)18)28-21(10-14(2)27-28)26-22(29)12-30-19-11-15(23)7-8-17(19)24/h3-11H,12H2,1-2H3,(H,26,29). The van der Waals surface area contributed by atoms with Gasteiger partial charge in [-0.3, -0.25) is 4.79 Å². The Morgan fingerprint density at radius 2 is 1.90 bits per heavy atom. The highest BCUT2D eigenvalue weighted by Crippen LogP contribution is 2.28. The smallest absolute Gasteiger partial charge is 0.263 e. The van der Waals surface area contributed by atoms with Gasteiger partial charge in [0.25, 0.3) is 5.91 Å². The second kappa shape index (κ2) is 8.34. The van der Waals surface area contributed by atoms with Crippen molar-refractivity contribution in [2.45, 2.75) is 13.8 Å². The normalized spacial score (nSPS) is 10.9. The zero-order valence-electron chi connectivity index (χ0n) is 16.3. The first-order valence-electron chi connectivity index (χ1n) is 9.22. The van der Waals surface area contributed by atoms with Gasteiger partial charge in [-0.25, -0.2) is 4.98 Å². The van der Waals surface area contributed by atoms with Crippen LogP contribution in [-0.4, -0.2) is 27.3 Å². The number of nitrogens with one attached hydrogen (secondary N) is 1. The van der Waals surface area contributed by atoms with Gasteiger partial charge < -0.3 is 10.1 Å². The van der Waals surface area contributed by atoms with Crippen molar-refractivity contribution in [1.29, 1.82) is 0 Å². The number of ether oxygens (including phenoxy) is 1. The monoisotopic (exact) mass is 440 g/mol. The summed E-state index contributed by atoms with van der Waals surface area (Å²) in [5, 5.41) is 9.23. The molecule has 0 aliphatic heterocycles. The highest BCUT2D eigenvalue weighted by atomic mass is 35.5. The van der Waals surface area contributed by atoms with Gasteiger partial charge in [0.15, 0.2) is 12.4 Å². The zero-order chi connectivity index (χ0) is 21.3. The second-order valence-electron chi connectivity index (χ2n) is 6.81. The van der Waals surface area contributed by atoms with Crippen LogP contribution in [0.4, 0.5) is 5.82 Å². The Balaban J connectivity index is 1.56. The number of benzene rings is 2. The molecule has 0 unspecified atom stereocenters. The fraction of sp³-hybridized carbons (Fsp3) is 0.136. The van der Waals surface area contributed by atoms with E-state index < -0.39 is 0 Å². The molecule has 4 aromatic rings. The minimum Gasteiger partial charge on any atom is -0.482 e. The van der Waals surface area contributed by atoms with E-state index in [1.165, 1.54) is 0 Å². The number of halogens is 2. The summed E-state index contributed by atoms with van der Waals surface area (Å²) in [5.41, 5.74) is 2.67. The Labute approximate surface area is 183 Å². The van der Waals surface area contributed by atoms with Gasteiger partial charge in [0.05, 0.1) is 16.2 Å². The van der Waals surface area contributed by atoms with Crippen LogP contribution in [0.25, 0.3) is 16.7 Å². The molecule has 0 spiro atoms. The number of pyridine rings is 1. The van der Waals surface area contributed by atoms with Crippen molar-refractivity contribution in [2.75, 3.05) is 11.9 Å². The molecule has 0 saturated carbocycles. The lowest BCUT2D eigenvalue weighted by molar-refractivity contribution is -0.118. The predicted octanol–water partition coefficient (Wildman–Crippen LogP) is 5.36.